The Hall–Kier alpha value is -2.21. The molecule has 1 amide bonds. The van der Waals surface area contributed by atoms with Crippen molar-refractivity contribution in [3.63, 3.8) is 0 Å². The molecular weight excluding hydrogens is 308 g/mol. The van der Waals surface area contributed by atoms with Gasteiger partial charge < -0.3 is 5.32 Å². The SMILES string of the molecule is CC(C)c1cc(C(=O)NC2CC2)nc2cc(-c3cccs3)nn12. The number of hydrogen-bond donors (Lipinski definition) is 1. The van der Waals surface area contributed by atoms with Gasteiger partial charge in [0.2, 0.25) is 0 Å². The number of nitrogens with one attached hydrogen (secondary N) is 1. The summed E-state index contributed by atoms with van der Waals surface area (Å²) < 4.78 is 1.85. The van der Waals surface area contributed by atoms with Crippen molar-refractivity contribution in [3.05, 3.63) is 41.0 Å². The largest absolute Gasteiger partial charge is 0.348 e. The minimum atomic E-state index is -0.0872. The third-order valence-corrected chi connectivity index (χ3v) is 4.86. The Kier molecular flexibility index (Phi) is 3.41. The van der Waals surface area contributed by atoms with E-state index in [1.165, 1.54) is 0 Å². The van der Waals surface area contributed by atoms with Gasteiger partial charge in [-0.1, -0.05) is 19.9 Å². The molecule has 5 nitrogen and oxygen atoms in total. The van der Waals surface area contributed by atoms with E-state index in [0.29, 0.717) is 11.7 Å². The van der Waals surface area contributed by atoms with E-state index >= 15 is 0 Å². The lowest BCUT2D eigenvalue weighted by atomic mass is 10.1. The van der Waals surface area contributed by atoms with Gasteiger partial charge >= 0.3 is 0 Å². The third kappa shape index (κ3) is 2.74. The van der Waals surface area contributed by atoms with Gasteiger partial charge in [-0.2, -0.15) is 5.10 Å². The molecule has 0 spiro atoms. The van der Waals surface area contributed by atoms with E-state index in [4.69, 9.17) is 0 Å². The minimum absolute atomic E-state index is 0.0872. The van der Waals surface area contributed by atoms with Crippen molar-refractivity contribution in [2.75, 3.05) is 0 Å². The van der Waals surface area contributed by atoms with Crippen molar-refractivity contribution in [2.45, 2.75) is 38.6 Å². The molecule has 0 bridgehead atoms. The van der Waals surface area contributed by atoms with Crippen molar-refractivity contribution < 1.29 is 4.79 Å². The second-order valence-electron chi connectivity index (χ2n) is 6.25. The zero-order valence-corrected chi connectivity index (χ0v) is 13.9. The number of amides is 1. The first-order valence-corrected chi connectivity index (χ1v) is 8.75. The quantitative estimate of drug-likeness (QED) is 0.798. The van der Waals surface area contributed by atoms with Crippen LogP contribution in [0.25, 0.3) is 16.2 Å². The van der Waals surface area contributed by atoms with Crippen molar-refractivity contribution in [3.8, 4) is 10.6 Å². The van der Waals surface area contributed by atoms with Crippen LogP contribution >= 0.6 is 11.3 Å². The number of fused-ring (bicyclic) bond motifs is 1. The van der Waals surface area contributed by atoms with Crippen molar-refractivity contribution in [1.29, 1.82) is 0 Å². The van der Waals surface area contributed by atoms with Crippen LogP contribution in [0.1, 0.15) is 48.8 Å². The Labute approximate surface area is 138 Å². The van der Waals surface area contributed by atoms with Gasteiger partial charge in [-0.3, -0.25) is 4.79 Å². The van der Waals surface area contributed by atoms with Crippen molar-refractivity contribution >= 4 is 22.9 Å². The van der Waals surface area contributed by atoms with Gasteiger partial charge in [0.15, 0.2) is 5.65 Å². The summed E-state index contributed by atoms with van der Waals surface area (Å²) in [5.74, 6) is 0.167. The van der Waals surface area contributed by atoms with Gasteiger partial charge in [0.05, 0.1) is 4.88 Å². The van der Waals surface area contributed by atoms with Crippen LogP contribution in [0.3, 0.4) is 0 Å². The van der Waals surface area contributed by atoms with Gasteiger partial charge in [0.25, 0.3) is 5.91 Å². The van der Waals surface area contributed by atoms with E-state index in [1.807, 2.05) is 34.2 Å². The van der Waals surface area contributed by atoms with Crippen LogP contribution < -0.4 is 5.32 Å². The summed E-state index contributed by atoms with van der Waals surface area (Å²) in [7, 11) is 0. The van der Waals surface area contributed by atoms with Gasteiger partial charge in [-0.05, 0) is 36.3 Å². The molecule has 23 heavy (non-hydrogen) atoms. The molecule has 4 rings (SSSR count). The standard InChI is InChI=1S/C17H18N4OS/c1-10(2)14-8-13(17(22)18-11-5-6-11)19-16-9-12(20-21(14)16)15-4-3-7-23-15/h3-4,7-11H,5-6H2,1-2H3,(H,18,22). The normalized spacial score (nSPS) is 14.6. The zero-order valence-electron chi connectivity index (χ0n) is 13.1. The molecule has 0 atom stereocenters. The second kappa shape index (κ2) is 5.45. The van der Waals surface area contributed by atoms with Crippen molar-refractivity contribution in [1.82, 2.24) is 19.9 Å². The van der Waals surface area contributed by atoms with E-state index in [0.717, 1.165) is 34.8 Å². The average Bonchev–Trinajstić information content (AvgIpc) is 3.04. The number of carbonyl (C=O) groups excluding carboxylic acids is 1. The lowest BCUT2D eigenvalue weighted by Crippen LogP contribution is -2.27. The molecule has 3 aromatic heterocycles. The second-order valence-corrected chi connectivity index (χ2v) is 7.19. The molecule has 1 aliphatic rings. The lowest BCUT2D eigenvalue weighted by Gasteiger charge is -2.10. The van der Waals surface area contributed by atoms with Crippen LogP contribution in [0, 0.1) is 0 Å². The number of rotatable bonds is 4. The summed E-state index contributed by atoms with van der Waals surface area (Å²) in [6.07, 6.45) is 2.14. The topological polar surface area (TPSA) is 59.3 Å². The first kappa shape index (κ1) is 14.4. The van der Waals surface area contributed by atoms with Crippen LogP contribution in [0.15, 0.2) is 29.6 Å². The summed E-state index contributed by atoms with van der Waals surface area (Å²) in [6.45, 7) is 4.20. The Morgan fingerprint density at radius 2 is 2.22 bits per heavy atom. The van der Waals surface area contributed by atoms with Crippen molar-refractivity contribution in [2.24, 2.45) is 0 Å². The number of carbonyl (C=O) groups is 1. The van der Waals surface area contributed by atoms with Crippen LogP contribution in [0.2, 0.25) is 0 Å². The van der Waals surface area contributed by atoms with Gasteiger partial charge in [-0.25, -0.2) is 9.50 Å². The van der Waals surface area contributed by atoms with Gasteiger partial charge in [0, 0.05) is 17.8 Å². The van der Waals surface area contributed by atoms with Crippen LogP contribution in [0.4, 0.5) is 0 Å². The number of thiophene rings is 1. The fourth-order valence-corrected chi connectivity index (χ4v) is 3.24. The highest BCUT2D eigenvalue weighted by atomic mass is 32.1. The van der Waals surface area contributed by atoms with Gasteiger partial charge in [-0.15, -0.1) is 11.3 Å². The molecule has 3 heterocycles. The van der Waals surface area contributed by atoms with E-state index in [9.17, 15) is 4.79 Å². The summed E-state index contributed by atoms with van der Waals surface area (Å²) in [6, 6.07) is 8.19. The summed E-state index contributed by atoms with van der Waals surface area (Å²) in [4.78, 5) is 18.0. The number of nitrogens with zero attached hydrogens (tertiary/aromatic N) is 3. The third-order valence-electron chi connectivity index (χ3n) is 3.97. The predicted octanol–water partition coefficient (Wildman–Crippen LogP) is 3.47. The number of hydrogen-bond acceptors (Lipinski definition) is 4. The molecule has 1 saturated carbocycles. The van der Waals surface area contributed by atoms with Gasteiger partial charge in [0.1, 0.15) is 11.4 Å². The Morgan fingerprint density at radius 1 is 1.39 bits per heavy atom. The Morgan fingerprint density at radius 3 is 2.87 bits per heavy atom. The predicted molar refractivity (Wildman–Crippen MR) is 90.9 cm³/mol. The van der Waals surface area contributed by atoms with E-state index in [-0.39, 0.29) is 11.8 Å². The van der Waals surface area contributed by atoms with E-state index < -0.39 is 0 Å². The smallest absolute Gasteiger partial charge is 0.270 e. The molecule has 1 fully saturated rings. The molecule has 0 aliphatic heterocycles. The fraction of sp³-hybridized carbons (Fsp3) is 0.353. The maximum atomic E-state index is 12.3. The molecule has 0 radical (unpaired) electrons. The first-order valence-electron chi connectivity index (χ1n) is 7.87. The van der Waals surface area contributed by atoms with Crippen LogP contribution in [-0.4, -0.2) is 26.5 Å². The fourth-order valence-electron chi connectivity index (χ4n) is 2.56. The Bertz CT molecular complexity index is 862. The maximum Gasteiger partial charge on any atom is 0.270 e. The monoisotopic (exact) mass is 326 g/mol. The molecule has 118 valence electrons. The minimum Gasteiger partial charge on any atom is -0.348 e. The molecule has 1 aliphatic carbocycles. The highest BCUT2D eigenvalue weighted by molar-refractivity contribution is 7.13. The van der Waals surface area contributed by atoms with E-state index in [1.54, 1.807) is 11.3 Å². The highest BCUT2D eigenvalue weighted by Gasteiger charge is 2.25. The average molecular weight is 326 g/mol. The summed E-state index contributed by atoms with van der Waals surface area (Å²) in [5, 5.41) is 9.72. The molecule has 6 heteroatoms. The summed E-state index contributed by atoms with van der Waals surface area (Å²) >= 11 is 1.65. The first-order chi connectivity index (χ1) is 11.1. The maximum absolute atomic E-state index is 12.3. The lowest BCUT2D eigenvalue weighted by molar-refractivity contribution is 0.0946. The molecule has 0 unspecified atom stereocenters. The molecule has 3 aromatic rings. The molecule has 0 saturated heterocycles. The number of aromatic nitrogens is 3. The molecule has 1 N–H and O–H groups in total. The molecule has 0 aromatic carbocycles. The summed E-state index contributed by atoms with van der Waals surface area (Å²) in [5.41, 5.74) is 3.10. The van der Waals surface area contributed by atoms with Crippen LogP contribution in [0.5, 0.6) is 0 Å². The Balaban J connectivity index is 1.81. The molecular formula is C17H18N4OS. The highest BCUT2D eigenvalue weighted by Crippen LogP contribution is 2.26. The van der Waals surface area contributed by atoms with E-state index in [2.05, 4.69) is 29.2 Å². The zero-order chi connectivity index (χ0) is 16.0. The van der Waals surface area contributed by atoms with Crippen LogP contribution in [-0.2, 0) is 0 Å².